The summed E-state index contributed by atoms with van der Waals surface area (Å²) in [4.78, 5) is 2.38. The van der Waals surface area contributed by atoms with E-state index in [1.807, 2.05) is 12.1 Å². The summed E-state index contributed by atoms with van der Waals surface area (Å²) >= 11 is 0. The lowest BCUT2D eigenvalue weighted by Gasteiger charge is -2.16. The zero-order chi connectivity index (χ0) is 15.0. The Hall–Kier alpha value is -1.42. The zero-order valence-electron chi connectivity index (χ0n) is 13.2. The molecule has 0 atom stereocenters. The van der Waals surface area contributed by atoms with Gasteiger partial charge in [0.15, 0.2) is 11.5 Å². The van der Waals surface area contributed by atoms with Gasteiger partial charge in [0, 0.05) is 0 Å². The van der Waals surface area contributed by atoms with Crippen LogP contribution < -0.4 is 15.2 Å². The number of methoxy groups -OCH3 is 2. The van der Waals surface area contributed by atoms with Crippen LogP contribution >= 0.6 is 0 Å². The smallest absolute Gasteiger partial charge is 0.183 e. The normalized spacial score (nSPS) is 10.8. The maximum Gasteiger partial charge on any atom is 0.183 e. The van der Waals surface area contributed by atoms with Gasteiger partial charge in [-0.2, -0.15) is 0 Å². The third-order valence-corrected chi connectivity index (χ3v) is 3.47. The van der Waals surface area contributed by atoms with Crippen molar-refractivity contribution in [2.75, 3.05) is 40.1 Å². The molecule has 0 spiro atoms. The van der Waals surface area contributed by atoms with Gasteiger partial charge < -0.3 is 20.1 Å². The minimum atomic E-state index is 0.622. The average Bonchev–Trinajstić information content (AvgIpc) is 2.44. The first-order valence-corrected chi connectivity index (χ1v) is 7.31. The van der Waals surface area contributed by atoms with Crippen molar-refractivity contribution < 1.29 is 9.47 Å². The lowest BCUT2D eigenvalue weighted by Crippen LogP contribution is -2.21. The predicted octanol–water partition coefficient (Wildman–Crippen LogP) is 2.95. The van der Waals surface area contributed by atoms with Crippen molar-refractivity contribution in [2.45, 2.75) is 32.6 Å². The van der Waals surface area contributed by atoms with Crippen LogP contribution in [0.4, 0.5) is 5.69 Å². The SMILES string of the molecule is CCCCN(C)CCCc1cc(N)c(OC)c(OC)c1. The highest BCUT2D eigenvalue weighted by Crippen LogP contribution is 2.34. The Kier molecular flexibility index (Phi) is 7.23. The number of nitrogen functional groups attached to an aromatic ring is 1. The third-order valence-electron chi connectivity index (χ3n) is 3.47. The van der Waals surface area contributed by atoms with Crippen molar-refractivity contribution >= 4 is 5.69 Å². The fraction of sp³-hybridized carbons (Fsp3) is 0.625. The van der Waals surface area contributed by atoms with E-state index in [9.17, 15) is 0 Å². The van der Waals surface area contributed by atoms with E-state index in [0.29, 0.717) is 17.2 Å². The molecule has 1 rings (SSSR count). The number of aryl methyl sites for hydroxylation is 1. The molecule has 0 aliphatic rings. The van der Waals surface area contributed by atoms with Crippen LogP contribution in [0.3, 0.4) is 0 Å². The summed E-state index contributed by atoms with van der Waals surface area (Å²) in [6.07, 6.45) is 4.63. The van der Waals surface area contributed by atoms with Crippen LogP contribution in [-0.2, 0) is 6.42 Å². The molecule has 0 aliphatic carbocycles. The quantitative estimate of drug-likeness (QED) is 0.707. The maximum atomic E-state index is 5.99. The van der Waals surface area contributed by atoms with Crippen LogP contribution in [0.2, 0.25) is 0 Å². The molecule has 0 saturated heterocycles. The summed E-state index contributed by atoms with van der Waals surface area (Å²) in [5.41, 5.74) is 7.83. The number of nitrogens with zero attached hydrogens (tertiary/aromatic N) is 1. The highest BCUT2D eigenvalue weighted by molar-refractivity contribution is 5.62. The van der Waals surface area contributed by atoms with E-state index < -0.39 is 0 Å². The predicted molar refractivity (Wildman–Crippen MR) is 84.7 cm³/mol. The molecular formula is C16H28N2O2. The van der Waals surface area contributed by atoms with Gasteiger partial charge in [-0.05, 0) is 57.1 Å². The first kappa shape index (κ1) is 16.6. The molecular weight excluding hydrogens is 252 g/mol. The van der Waals surface area contributed by atoms with Gasteiger partial charge in [-0.25, -0.2) is 0 Å². The van der Waals surface area contributed by atoms with Crippen molar-refractivity contribution in [1.29, 1.82) is 0 Å². The van der Waals surface area contributed by atoms with Gasteiger partial charge in [0.1, 0.15) is 0 Å². The number of anilines is 1. The fourth-order valence-corrected chi connectivity index (χ4v) is 2.29. The van der Waals surface area contributed by atoms with Gasteiger partial charge in [-0.15, -0.1) is 0 Å². The third kappa shape index (κ3) is 4.93. The van der Waals surface area contributed by atoms with Crippen LogP contribution in [-0.4, -0.2) is 39.3 Å². The standard InChI is InChI=1S/C16H28N2O2/c1-5-6-9-18(2)10-7-8-13-11-14(17)16(20-4)15(12-13)19-3/h11-12H,5-10,17H2,1-4H3. The van der Waals surface area contributed by atoms with E-state index in [0.717, 1.165) is 19.4 Å². The van der Waals surface area contributed by atoms with E-state index in [-0.39, 0.29) is 0 Å². The molecule has 0 bridgehead atoms. The van der Waals surface area contributed by atoms with E-state index in [1.165, 1.54) is 24.9 Å². The van der Waals surface area contributed by atoms with Crippen LogP contribution in [0.5, 0.6) is 11.5 Å². The minimum Gasteiger partial charge on any atom is -0.493 e. The van der Waals surface area contributed by atoms with Crippen LogP contribution in [0.1, 0.15) is 31.7 Å². The van der Waals surface area contributed by atoms with E-state index in [4.69, 9.17) is 15.2 Å². The molecule has 1 aromatic carbocycles. The Morgan fingerprint density at radius 2 is 1.80 bits per heavy atom. The molecule has 0 amide bonds. The van der Waals surface area contributed by atoms with Gasteiger partial charge in [0.25, 0.3) is 0 Å². The molecule has 4 nitrogen and oxygen atoms in total. The zero-order valence-corrected chi connectivity index (χ0v) is 13.2. The molecule has 0 unspecified atom stereocenters. The molecule has 4 heteroatoms. The Bertz CT molecular complexity index is 408. The van der Waals surface area contributed by atoms with Gasteiger partial charge in [-0.3, -0.25) is 0 Å². The number of nitrogens with two attached hydrogens (primary N) is 1. The van der Waals surface area contributed by atoms with Crippen LogP contribution in [0, 0.1) is 0 Å². The molecule has 2 N–H and O–H groups in total. The topological polar surface area (TPSA) is 47.7 Å². The molecule has 0 aliphatic heterocycles. The van der Waals surface area contributed by atoms with Gasteiger partial charge >= 0.3 is 0 Å². The highest BCUT2D eigenvalue weighted by atomic mass is 16.5. The first-order valence-electron chi connectivity index (χ1n) is 7.31. The van der Waals surface area contributed by atoms with Crippen molar-refractivity contribution in [2.24, 2.45) is 0 Å². The molecule has 114 valence electrons. The van der Waals surface area contributed by atoms with Gasteiger partial charge in [0.2, 0.25) is 0 Å². The van der Waals surface area contributed by atoms with Gasteiger partial charge in [0.05, 0.1) is 19.9 Å². The summed E-state index contributed by atoms with van der Waals surface area (Å²) in [6.45, 7) is 4.50. The molecule has 0 saturated carbocycles. The number of unbranched alkanes of at least 4 members (excludes halogenated alkanes) is 1. The minimum absolute atomic E-state index is 0.622. The first-order chi connectivity index (χ1) is 9.62. The molecule has 0 radical (unpaired) electrons. The number of rotatable bonds is 9. The van der Waals surface area contributed by atoms with Gasteiger partial charge in [-0.1, -0.05) is 13.3 Å². The second-order valence-corrected chi connectivity index (χ2v) is 5.18. The van der Waals surface area contributed by atoms with Crippen LogP contribution in [0.25, 0.3) is 0 Å². The summed E-state index contributed by atoms with van der Waals surface area (Å²) in [6, 6.07) is 3.99. The summed E-state index contributed by atoms with van der Waals surface area (Å²) in [7, 11) is 5.43. The highest BCUT2D eigenvalue weighted by Gasteiger charge is 2.10. The molecule has 20 heavy (non-hydrogen) atoms. The van der Waals surface area contributed by atoms with Crippen molar-refractivity contribution in [3.8, 4) is 11.5 Å². The molecule has 0 fully saturated rings. The summed E-state index contributed by atoms with van der Waals surface area (Å²) in [5, 5.41) is 0. The lowest BCUT2D eigenvalue weighted by atomic mass is 10.1. The summed E-state index contributed by atoms with van der Waals surface area (Å²) in [5.74, 6) is 1.33. The van der Waals surface area contributed by atoms with E-state index in [1.54, 1.807) is 14.2 Å². The number of ether oxygens (including phenoxy) is 2. The lowest BCUT2D eigenvalue weighted by molar-refractivity contribution is 0.323. The average molecular weight is 280 g/mol. The molecule has 1 aromatic rings. The van der Waals surface area contributed by atoms with Crippen molar-refractivity contribution in [1.82, 2.24) is 4.90 Å². The Morgan fingerprint density at radius 1 is 1.10 bits per heavy atom. The maximum absolute atomic E-state index is 5.99. The second-order valence-electron chi connectivity index (χ2n) is 5.18. The monoisotopic (exact) mass is 280 g/mol. The summed E-state index contributed by atoms with van der Waals surface area (Å²) < 4.78 is 10.6. The van der Waals surface area contributed by atoms with E-state index >= 15 is 0 Å². The number of hydrogen-bond donors (Lipinski definition) is 1. The largest absolute Gasteiger partial charge is 0.493 e. The van der Waals surface area contributed by atoms with Crippen molar-refractivity contribution in [3.63, 3.8) is 0 Å². The fourth-order valence-electron chi connectivity index (χ4n) is 2.29. The molecule has 0 heterocycles. The van der Waals surface area contributed by atoms with Crippen molar-refractivity contribution in [3.05, 3.63) is 17.7 Å². The number of hydrogen-bond acceptors (Lipinski definition) is 4. The Labute approximate surface area is 122 Å². The van der Waals surface area contributed by atoms with E-state index in [2.05, 4.69) is 18.9 Å². The Balaban J connectivity index is 2.54. The molecule has 0 aromatic heterocycles. The Morgan fingerprint density at radius 3 is 2.40 bits per heavy atom. The van der Waals surface area contributed by atoms with Crippen LogP contribution in [0.15, 0.2) is 12.1 Å². The number of benzene rings is 1. The second kappa shape index (κ2) is 8.69.